The number of nitrogens with one attached hydrogen (secondary N) is 1. The zero-order valence-electron chi connectivity index (χ0n) is 15.2. The second-order valence-electron chi connectivity index (χ2n) is 6.47. The Balaban J connectivity index is 1.64. The predicted octanol–water partition coefficient (Wildman–Crippen LogP) is 2.83. The summed E-state index contributed by atoms with van der Waals surface area (Å²) in [6.45, 7) is 2.56. The fraction of sp³-hybridized carbons (Fsp3) is 0.200. The Labute approximate surface area is 158 Å². The summed E-state index contributed by atoms with van der Waals surface area (Å²) in [5.41, 5.74) is 2.49. The molecule has 0 saturated heterocycles. The molecule has 1 aromatic heterocycles. The van der Waals surface area contributed by atoms with Gasteiger partial charge in [0.1, 0.15) is 0 Å². The van der Waals surface area contributed by atoms with Crippen LogP contribution in [0.5, 0.6) is 0 Å². The van der Waals surface area contributed by atoms with Gasteiger partial charge in [0, 0.05) is 30.8 Å². The molecule has 0 aliphatic rings. The van der Waals surface area contributed by atoms with Crippen LogP contribution in [0.2, 0.25) is 0 Å². The van der Waals surface area contributed by atoms with Gasteiger partial charge < -0.3 is 9.88 Å². The molecule has 27 heavy (non-hydrogen) atoms. The van der Waals surface area contributed by atoms with Crippen LogP contribution >= 0.6 is 0 Å². The third-order valence-corrected chi connectivity index (χ3v) is 5.42. The Kier molecular flexibility index (Phi) is 5.41. The zero-order valence-corrected chi connectivity index (χ0v) is 16.0. The van der Waals surface area contributed by atoms with Crippen molar-refractivity contribution in [2.75, 3.05) is 6.26 Å². The highest BCUT2D eigenvalue weighted by Crippen LogP contribution is 2.17. The quantitative estimate of drug-likeness (QED) is 0.710. The number of hydrogen-bond donors (Lipinski definition) is 1. The predicted molar refractivity (Wildman–Crippen MR) is 103 cm³/mol. The first-order valence-corrected chi connectivity index (χ1v) is 10.4. The highest BCUT2D eigenvalue weighted by molar-refractivity contribution is 7.90. The van der Waals surface area contributed by atoms with E-state index in [1.807, 2.05) is 29.8 Å². The number of nitrogens with zero attached hydrogens (tertiary/aromatic N) is 2. The highest BCUT2D eigenvalue weighted by Gasteiger charge is 2.13. The minimum absolute atomic E-state index is 0.177. The van der Waals surface area contributed by atoms with E-state index in [1.165, 1.54) is 6.26 Å². The fourth-order valence-corrected chi connectivity index (χ4v) is 3.35. The van der Waals surface area contributed by atoms with Gasteiger partial charge in [0.25, 0.3) is 5.91 Å². The zero-order chi connectivity index (χ0) is 19.4. The number of sulfone groups is 1. The third-order valence-electron chi connectivity index (χ3n) is 4.30. The molecule has 1 amide bonds. The number of carbonyl (C=O) groups excluding carboxylic acids is 1. The largest absolute Gasteiger partial charge is 0.346 e. The van der Waals surface area contributed by atoms with E-state index in [0.717, 1.165) is 11.1 Å². The first kappa shape index (κ1) is 18.8. The van der Waals surface area contributed by atoms with Crippen molar-refractivity contribution < 1.29 is 13.2 Å². The lowest BCUT2D eigenvalue weighted by molar-refractivity contribution is 0.0940. The van der Waals surface area contributed by atoms with Gasteiger partial charge in [-0.1, -0.05) is 24.3 Å². The average Bonchev–Trinajstić information content (AvgIpc) is 3.14. The smallest absolute Gasteiger partial charge is 0.251 e. The number of benzene rings is 2. The van der Waals surface area contributed by atoms with Gasteiger partial charge >= 0.3 is 0 Å². The van der Waals surface area contributed by atoms with E-state index in [0.29, 0.717) is 12.1 Å². The molecular formula is C20H21N3O3S. The molecule has 7 heteroatoms. The molecule has 0 aliphatic heterocycles. The lowest BCUT2D eigenvalue weighted by Crippen LogP contribution is -2.26. The molecule has 0 radical (unpaired) electrons. The van der Waals surface area contributed by atoms with E-state index >= 15 is 0 Å². The van der Waals surface area contributed by atoms with Crippen molar-refractivity contribution in [3.63, 3.8) is 0 Å². The number of rotatable bonds is 6. The van der Waals surface area contributed by atoms with Crippen molar-refractivity contribution in [3.05, 3.63) is 83.9 Å². The topological polar surface area (TPSA) is 81.1 Å². The summed E-state index contributed by atoms with van der Waals surface area (Å²) in [5.74, 6) is -0.177. The van der Waals surface area contributed by atoms with Crippen molar-refractivity contribution in [3.8, 4) is 0 Å². The van der Waals surface area contributed by atoms with Crippen molar-refractivity contribution in [1.29, 1.82) is 0 Å². The van der Waals surface area contributed by atoms with E-state index in [2.05, 4.69) is 10.3 Å². The Morgan fingerprint density at radius 2 is 1.78 bits per heavy atom. The van der Waals surface area contributed by atoms with E-state index in [-0.39, 0.29) is 16.8 Å². The number of aromatic nitrogens is 2. The molecule has 3 aromatic rings. The maximum Gasteiger partial charge on any atom is 0.251 e. The van der Waals surface area contributed by atoms with Gasteiger partial charge in [-0.25, -0.2) is 13.4 Å². The summed E-state index contributed by atoms with van der Waals surface area (Å²) < 4.78 is 25.0. The van der Waals surface area contributed by atoms with E-state index in [1.54, 1.807) is 48.9 Å². The van der Waals surface area contributed by atoms with Crippen molar-refractivity contribution >= 4 is 15.7 Å². The Bertz CT molecular complexity index is 1010. The molecule has 0 spiro atoms. The number of imidazole rings is 1. The summed E-state index contributed by atoms with van der Waals surface area (Å²) in [6, 6.07) is 13.7. The molecule has 1 heterocycles. The summed E-state index contributed by atoms with van der Waals surface area (Å²) in [5, 5.41) is 2.93. The van der Waals surface area contributed by atoms with Gasteiger partial charge in [0.05, 0.1) is 17.3 Å². The van der Waals surface area contributed by atoms with Gasteiger partial charge in [-0.15, -0.1) is 0 Å². The molecule has 1 N–H and O–H groups in total. The summed E-state index contributed by atoms with van der Waals surface area (Å²) in [4.78, 5) is 16.7. The Hall–Kier alpha value is -2.93. The maximum absolute atomic E-state index is 12.5. The number of amides is 1. The summed E-state index contributed by atoms with van der Waals surface area (Å²) >= 11 is 0. The third kappa shape index (κ3) is 4.83. The molecule has 2 aromatic carbocycles. The highest BCUT2D eigenvalue weighted by atomic mass is 32.2. The molecule has 0 aliphatic carbocycles. The molecule has 6 nitrogen and oxygen atoms in total. The van der Waals surface area contributed by atoms with Crippen LogP contribution in [0.25, 0.3) is 0 Å². The van der Waals surface area contributed by atoms with Crippen LogP contribution in [0.1, 0.15) is 34.5 Å². The monoisotopic (exact) mass is 383 g/mol. The van der Waals surface area contributed by atoms with Crippen LogP contribution < -0.4 is 5.32 Å². The second-order valence-corrected chi connectivity index (χ2v) is 8.48. The lowest BCUT2D eigenvalue weighted by Gasteiger charge is -2.15. The molecule has 0 bridgehead atoms. The van der Waals surface area contributed by atoms with Gasteiger partial charge in [-0.3, -0.25) is 4.79 Å². The van der Waals surface area contributed by atoms with E-state index in [9.17, 15) is 13.2 Å². The van der Waals surface area contributed by atoms with Crippen LogP contribution in [0.15, 0.2) is 72.1 Å². The van der Waals surface area contributed by atoms with E-state index in [4.69, 9.17) is 0 Å². The fourth-order valence-electron chi connectivity index (χ4n) is 2.72. The van der Waals surface area contributed by atoms with Gasteiger partial charge in [-0.2, -0.15) is 0 Å². The SMILES string of the molecule is C[C@H](NC(=O)c1ccc(Cn2ccnc2)cc1)c1ccc(S(C)(=O)=O)cc1. The van der Waals surface area contributed by atoms with Gasteiger partial charge in [0.15, 0.2) is 9.84 Å². The van der Waals surface area contributed by atoms with Crippen molar-refractivity contribution in [2.45, 2.75) is 24.4 Å². The number of carbonyl (C=O) groups is 1. The van der Waals surface area contributed by atoms with Crippen molar-refractivity contribution in [1.82, 2.24) is 14.9 Å². The van der Waals surface area contributed by atoms with Crippen molar-refractivity contribution in [2.24, 2.45) is 0 Å². The van der Waals surface area contributed by atoms with Crippen LogP contribution in [0, 0.1) is 0 Å². The molecule has 1 atom stereocenters. The summed E-state index contributed by atoms with van der Waals surface area (Å²) in [6.07, 6.45) is 6.53. The molecular weight excluding hydrogens is 362 g/mol. The molecule has 0 saturated carbocycles. The normalized spacial score (nSPS) is 12.5. The van der Waals surface area contributed by atoms with Crippen LogP contribution in [-0.4, -0.2) is 30.1 Å². The number of hydrogen-bond acceptors (Lipinski definition) is 4. The first-order chi connectivity index (χ1) is 12.8. The van der Waals surface area contributed by atoms with Crippen LogP contribution in [0.3, 0.4) is 0 Å². The minimum atomic E-state index is -3.23. The maximum atomic E-state index is 12.5. The second kappa shape index (κ2) is 7.75. The Morgan fingerprint density at radius 1 is 1.11 bits per heavy atom. The van der Waals surface area contributed by atoms with Gasteiger partial charge in [-0.05, 0) is 42.3 Å². The average molecular weight is 383 g/mol. The molecule has 140 valence electrons. The molecule has 0 unspecified atom stereocenters. The molecule has 3 rings (SSSR count). The van der Waals surface area contributed by atoms with E-state index < -0.39 is 9.84 Å². The van der Waals surface area contributed by atoms with Crippen LogP contribution in [-0.2, 0) is 16.4 Å². The summed E-state index contributed by atoms with van der Waals surface area (Å²) in [7, 11) is -3.23. The van der Waals surface area contributed by atoms with Crippen LogP contribution in [0.4, 0.5) is 0 Å². The standard InChI is InChI=1S/C20H21N3O3S/c1-15(17-7-9-19(10-8-17)27(2,25)26)22-20(24)18-5-3-16(4-6-18)13-23-12-11-21-14-23/h3-12,14-15H,13H2,1-2H3,(H,22,24)/t15-/m0/s1. The molecule has 0 fully saturated rings. The van der Waals surface area contributed by atoms with Gasteiger partial charge in [0.2, 0.25) is 0 Å². The minimum Gasteiger partial charge on any atom is -0.346 e. The lowest BCUT2D eigenvalue weighted by atomic mass is 10.1. The first-order valence-electron chi connectivity index (χ1n) is 8.48. The Morgan fingerprint density at radius 3 is 2.33 bits per heavy atom.